The fourth-order valence-electron chi connectivity index (χ4n) is 2.64. The van der Waals surface area contributed by atoms with Gasteiger partial charge >= 0.3 is 0 Å². The molecule has 1 aliphatic heterocycles. The number of aromatic nitrogens is 1. The molecule has 1 aliphatic rings. The van der Waals surface area contributed by atoms with Gasteiger partial charge in [-0.2, -0.15) is 0 Å². The highest BCUT2D eigenvalue weighted by molar-refractivity contribution is 9.10. The molecule has 1 saturated heterocycles. The van der Waals surface area contributed by atoms with Gasteiger partial charge in [0.1, 0.15) is 5.82 Å². The van der Waals surface area contributed by atoms with Crippen molar-refractivity contribution in [2.45, 2.75) is 6.42 Å². The van der Waals surface area contributed by atoms with E-state index >= 15 is 0 Å². The molecule has 0 saturated carbocycles. The number of anilines is 1. The van der Waals surface area contributed by atoms with E-state index in [0.29, 0.717) is 0 Å². The summed E-state index contributed by atoms with van der Waals surface area (Å²) in [7, 11) is 0. The lowest BCUT2D eigenvalue weighted by Crippen LogP contribution is -2.37. The smallest absolute Gasteiger partial charge is 0.133 e. The molecule has 0 unspecified atom stereocenters. The van der Waals surface area contributed by atoms with Crippen molar-refractivity contribution in [2.24, 2.45) is 0 Å². The first-order valence-electron chi connectivity index (χ1n) is 7.42. The Hall–Kier alpha value is -1.17. The summed E-state index contributed by atoms with van der Waals surface area (Å²) in [5.74, 6) is 0.968. The van der Waals surface area contributed by atoms with Gasteiger partial charge in [-0.3, -0.25) is 4.90 Å². The second kappa shape index (κ2) is 7.20. The summed E-state index contributed by atoms with van der Waals surface area (Å²) >= 11 is 3.59. The third kappa shape index (κ3) is 3.73. The number of hydrogen-bond donors (Lipinski definition) is 1. The van der Waals surface area contributed by atoms with Crippen LogP contribution in [0.2, 0.25) is 0 Å². The Bertz CT molecular complexity index is 599. The summed E-state index contributed by atoms with van der Waals surface area (Å²) < 4.78 is 6.47. The highest BCUT2D eigenvalue weighted by atomic mass is 79.9. The molecule has 0 bridgehead atoms. The first-order valence-corrected chi connectivity index (χ1v) is 8.21. The van der Waals surface area contributed by atoms with Crippen LogP contribution >= 0.6 is 15.9 Å². The van der Waals surface area contributed by atoms with Gasteiger partial charge in [0.2, 0.25) is 0 Å². The van der Waals surface area contributed by atoms with E-state index in [1.807, 2.05) is 18.3 Å². The minimum absolute atomic E-state index is 0.867. The molecule has 3 rings (SSSR count). The Kier molecular flexibility index (Phi) is 5.06. The number of rotatable bonds is 5. The minimum atomic E-state index is 0.867. The molecule has 1 aromatic carbocycles. The van der Waals surface area contributed by atoms with Gasteiger partial charge in [0.05, 0.1) is 13.2 Å². The molecule has 4 nitrogen and oxygen atoms in total. The molecule has 21 heavy (non-hydrogen) atoms. The van der Waals surface area contributed by atoms with E-state index in [-0.39, 0.29) is 0 Å². The molecule has 0 atom stereocenters. The standard InChI is InChI=1S/C16H20BrN3O/c17-15-4-1-3-14-13(15)5-7-19-16(14)18-6-2-8-20-9-11-21-12-10-20/h1,3-5,7H,2,6,8-12H2,(H,18,19). The average molecular weight is 350 g/mol. The molecular weight excluding hydrogens is 330 g/mol. The summed E-state index contributed by atoms with van der Waals surface area (Å²) in [4.78, 5) is 6.92. The zero-order valence-electron chi connectivity index (χ0n) is 12.0. The van der Waals surface area contributed by atoms with Gasteiger partial charge < -0.3 is 10.1 Å². The number of pyridine rings is 1. The SMILES string of the molecule is Brc1cccc2c(NCCCN3CCOCC3)nccc12. The second-order valence-corrected chi connectivity index (χ2v) is 6.08. The minimum Gasteiger partial charge on any atom is -0.379 e. The number of hydrogen-bond acceptors (Lipinski definition) is 4. The van der Waals surface area contributed by atoms with E-state index in [9.17, 15) is 0 Å². The predicted octanol–water partition coefficient (Wildman–Crippen LogP) is 3.13. The molecular formula is C16H20BrN3O. The molecule has 1 aromatic heterocycles. The Labute approximate surface area is 133 Å². The number of nitrogens with one attached hydrogen (secondary N) is 1. The van der Waals surface area contributed by atoms with Crippen LogP contribution in [0.15, 0.2) is 34.9 Å². The molecule has 0 spiro atoms. The lowest BCUT2D eigenvalue weighted by atomic mass is 10.1. The fraction of sp³-hybridized carbons (Fsp3) is 0.438. The Morgan fingerprint density at radius 1 is 1.19 bits per heavy atom. The highest BCUT2D eigenvalue weighted by Gasteiger charge is 2.09. The zero-order chi connectivity index (χ0) is 14.5. The van der Waals surface area contributed by atoms with Crippen LogP contribution in [-0.4, -0.2) is 49.3 Å². The molecule has 112 valence electrons. The average Bonchev–Trinajstić information content (AvgIpc) is 2.53. The van der Waals surface area contributed by atoms with Crippen molar-refractivity contribution < 1.29 is 4.74 Å². The maximum absolute atomic E-state index is 5.36. The topological polar surface area (TPSA) is 37.4 Å². The number of morpholine rings is 1. The Morgan fingerprint density at radius 2 is 2.05 bits per heavy atom. The van der Waals surface area contributed by atoms with Crippen molar-refractivity contribution in [1.29, 1.82) is 0 Å². The quantitative estimate of drug-likeness (QED) is 0.841. The van der Waals surface area contributed by atoms with Gasteiger partial charge in [0, 0.05) is 41.1 Å². The lowest BCUT2D eigenvalue weighted by Gasteiger charge is -2.26. The summed E-state index contributed by atoms with van der Waals surface area (Å²) in [6, 6.07) is 8.26. The van der Waals surface area contributed by atoms with E-state index in [2.05, 4.69) is 43.3 Å². The van der Waals surface area contributed by atoms with E-state index in [1.165, 1.54) is 10.8 Å². The molecule has 5 heteroatoms. The van der Waals surface area contributed by atoms with E-state index < -0.39 is 0 Å². The van der Waals surface area contributed by atoms with Crippen LogP contribution in [0, 0.1) is 0 Å². The van der Waals surface area contributed by atoms with Crippen molar-refractivity contribution in [1.82, 2.24) is 9.88 Å². The van der Waals surface area contributed by atoms with Gasteiger partial charge in [-0.1, -0.05) is 28.1 Å². The molecule has 1 N–H and O–H groups in total. The maximum Gasteiger partial charge on any atom is 0.133 e. The van der Waals surface area contributed by atoms with Crippen LogP contribution in [0.1, 0.15) is 6.42 Å². The van der Waals surface area contributed by atoms with Crippen molar-refractivity contribution in [3.05, 3.63) is 34.9 Å². The summed E-state index contributed by atoms with van der Waals surface area (Å²) in [6.07, 6.45) is 2.98. The largest absolute Gasteiger partial charge is 0.379 e. The van der Waals surface area contributed by atoms with Crippen LogP contribution in [0.4, 0.5) is 5.82 Å². The van der Waals surface area contributed by atoms with Crippen molar-refractivity contribution in [3.8, 4) is 0 Å². The predicted molar refractivity (Wildman–Crippen MR) is 89.8 cm³/mol. The van der Waals surface area contributed by atoms with Gasteiger partial charge in [0.25, 0.3) is 0 Å². The van der Waals surface area contributed by atoms with E-state index in [0.717, 1.165) is 56.1 Å². The normalized spacial score (nSPS) is 16.2. The molecule has 0 aliphatic carbocycles. The van der Waals surface area contributed by atoms with Crippen LogP contribution in [0.25, 0.3) is 10.8 Å². The van der Waals surface area contributed by atoms with Crippen molar-refractivity contribution >= 4 is 32.5 Å². The molecule has 2 aromatic rings. The number of halogens is 1. The number of ether oxygens (including phenoxy) is 1. The first-order chi connectivity index (χ1) is 10.3. The van der Waals surface area contributed by atoms with Gasteiger partial charge in [-0.25, -0.2) is 4.98 Å². The maximum atomic E-state index is 5.36. The van der Waals surface area contributed by atoms with E-state index in [4.69, 9.17) is 4.74 Å². The van der Waals surface area contributed by atoms with Crippen LogP contribution in [-0.2, 0) is 4.74 Å². The molecule has 1 fully saturated rings. The first kappa shape index (κ1) is 14.8. The second-order valence-electron chi connectivity index (χ2n) is 5.23. The Morgan fingerprint density at radius 3 is 2.90 bits per heavy atom. The van der Waals surface area contributed by atoms with Crippen molar-refractivity contribution in [2.75, 3.05) is 44.7 Å². The summed E-state index contributed by atoms with van der Waals surface area (Å²) in [5, 5.41) is 5.83. The van der Waals surface area contributed by atoms with Crippen LogP contribution in [0.3, 0.4) is 0 Å². The van der Waals surface area contributed by atoms with Crippen LogP contribution in [0.5, 0.6) is 0 Å². The molecule has 0 amide bonds. The third-order valence-corrected chi connectivity index (χ3v) is 4.49. The number of benzene rings is 1. The van der Waals surface area contributed by atoms with Crippen molar-refractivity contribution in [3.63, 3.8) is 0 Å². The lowest BCUT2D eigenvalue weighted by molar-refractivity contribution is 0.0378. The molecule has 0 radical (unpaired) electrons. The fourth-order valence-corrected chi connectivity index (χ4v) is 3.14. The summed E-state index contributed by atoms with van der Waals surface area (Å²) in [6.45, 7) is 5.90. The zero-order valence-corrected chi connectivity index (χ0v) is 13.6. The third-order valence-electron chi connectivity index (χ3n) is 3.80. The summed E-state index contributed by atoms with van der Waals surface area (Å²) in [5.41, 5.74) is 0. The Balaban J connectivity index is 1.57. The van der Waals surface area contributed by atoms with Gasteiger partial charge in [-0.15, -0.1) is 0 Å². The highest BCUT2D eigenvalue weighted by Crippen LogP contribution is 2.27. The number of fused-ring (bicyclic) bond motifs is 1. The van der Waals surface area contributed by atoms with Gasteiger partial charge in [-0.05, 0) is 25.1 Å². The monoisotopic (exact) mass is 349 g/mol. The van der Waals surface area contributed by atoms with E-state index in [1.54, 1.807) is 0 Å². The van der Waals surface area contributed by atoms with Gasteiger partial charge in [0.15, 0.2) is 0 Å². The number of nitrogens with zero attached hydrogens (tertiary/aromatic N) is 2. The van der Waals surface area contributed by atoms with Crippen LogP contribution < -0.4 is 5.32 Å². The molecule has 2 heterocycles.